The molecular formula is C12H16O3. The second-order valence-corrected chi connectivity index (χ2v) is 3.28. The summed E-state index contributed by atoms with van der Waals surface area (Å²) in [6.45, 7) is 10.4. The number of aldehydes is 1. The normalized spacial score (nSPS) is 10.1. The molecule has 0 aromatic carbocycles. The molecule has 0 aromatic heterocycles. The highest BCUT2D eigenvalue weighted by Crippen LogP contribution is 2.25. The van der Waals surface area contributed by atoms with Gasteiger partial charge in [-0.1, -0.05) is 18.7 Å². The number of esters is 1. The van der Waals surface area contributed by atoms with Crippen LogP contribution < -0.4 is 0 Å². The topological polar surface area (TPSA) is 43.4 Å². The molecule has 0 fully saturated rings. The fourth-order valence-corrected chi connectivity index (χ4v) is 1.18. The van der Waals surface area contributed by atoms with E-state index >= 15 is 0 Å². The molecule has 0 bridgehead atoms. The fourth-order valence-electron chi connectivity index (χ4n) is 1.18. The Hall–Kier alpha value is -1.64. The highest BCUT2D eigenvalue weighted by Gasteiger charge is 2.28. The standard InChI is InChI=1S/C12H16O3/c1-4-7-12(9-13,8-5-2)10-15-11(14)6-3/h4-6,9H,1-3,7-8,10H2. The van der Waals surface area contributed by atoms with Crippen LogP contribution in [0.3, 0.4) is 0 Å². The van der Waals surface area contributed by atoms with Crippen molar-refractivity contribution in [2.24, 2.45) is 5.41 Å². The summed E-state index contributed by atoms with van der Waals surface area (Å²) in [6.07, 6.45) is 6.00. The largest absolute Gasteiger partial charge is 0.461 e. The number of carbonyl (C=O) groups excluding carboxylic acids is 2. The van der Waals surface area contributed by atoms with Crippen LogP contribution in [0.15, 0.2) is 38.0 Å². The Morgan fingerprint density at radius 2 is 1.73 bits per heavy atom. The van der Waals surface area contributed by atoms with Crippen LogP contribution in [-0.2, 0) is 14.3 Å². The van der Waals surface area contributed by atoms with Crippen LogP contribution >= 0.6 is 0 Å². The molecule has 3 nitrogen and oxygen atoms in total. The lowest BCUT2D eigenvalue weighted by atomic mass is 9.83. The molecule has 0 rings (SSSR count). The molecule has 0 unspecified atom stereocenters. The number of carbonyl (C=O) groups is 2. The maximum atomic E-state index is 11.0. The third-order valence-corrected chi connectivity index (χ3v) is 2.02. The number of rotatable bonds is 8. The van der Waals surface area contributed by atoms with Gasteiger partial charge in [0.2, 0.25) is 0 Å². The lowest BCUT2D eigenvalue weighted by Crippen LogP contribution is -2.29. The molecule has 0 N–H and O–H groups in total. The highest BCUT2D eigenvalue weighted by molar-refractivity contribution is 5.81. The maximum absolute atomic E-state index is 11.0. The third kappa shape index (κ3) is 4.40. The summed E-state index contributed by atoms with van der Waals surface area (Å²) in [5.74, 6) is -0.533. The molecule has 0 radical (unpaired) electrons. The van der Waals surface area contributed by atoms with Gasteiger partial charge in [-0.2, -0.15) is 0 Å². The Balaban J connectivity index is 4.51. The predicted octanol–water partition coefficient (Wildman–Crippen LogP) is 2.05. The van der Waals surface area contributed by atoms with Crippen LogP contribution in [0, 0.1) is 5.41 Å². The van der Waals surface area contributed by atoms with Gasteiger partial charge in [0.05, 0.1) is 5.41 Å². The average Bonchev–Trinajstić information content (AvgIpc) is 2.26. The van der Waals surface area contributed by atoms with E-state index in [-0.39, 0.29) is 6.61 Å². The Morgan fingerprint density at radius 1 is 1.20 bits per heavy atom. The summed E-state index contributed by atoms with van der Waals surface area (Å²) in [7, 11) is 0. The predicted molar refractivity (Wildman–Crippen MR) is 59.3 cm³/mol. The molecule has 0 aliphatic carbocycles. The van der Waals surface area contributed by atoms with Gasteiger partial charge in [0.25, 0.3) is 0 Å². The van der Waals surface area contributed by atoms with Crippen molar-refractivity contribution in [3.63, 3.8) is 0 Å². The van der Waals surface area contributed by atoms with Gasteiger partial charge in [0.15, 0.2) is 0 Å². The molecule has 0 aliphatic heterocycles. The Bertz CT molecular complexity index is 256. The Labute approximate surface area is 90.1 Å². The van der Waals surface area contributed by atoms with Crippen LogP contribution in [-0.4, -0.2) is 18.9 Å². The van der Waals surface area contributed by atoms with E-state index in [2.05, 4.69) is 19.7 Å². The van der Waals surface area contributed by atoms with E-state index in [1.165, 1.54) is 0 Å². The minimum absolute atomic E-state index is 0.0272. The van der Waals surface area contributed by atoms with Gasteiger partial charge in [0, 0.05) is 6.08 Å². The molecule has 0 aliphatic rings. The quantitative estimate of drug-likeness (QED) is 0.265. The smallest absolute Gasteiger partial charge is 0.330 e. The summed E-state index contributed by atoms with van der Waals surface area (Å²) in [6, 6.07) is 0. The van der Waals surface area contributed by atoms with Crippen LogP contribution in [0.5, 0.6) is 0 Å². The zero-order valence-corrected chi connectivity index (χ0v) is 8.78. The van der Waals surface area contributed by atoms with Gasteiger partial charge in [0.1, 0.15) is 12.9 Å². The van der Waals surface area contributed by atoms with E-state index in [4.69, 9.17) is 4.74 Å². The van der Waals surface area contributed by atoms with E-state index in [0.29, 0.717) is 12.8 Å². The van der Waals surface area contributed by atoms with Gasteiger partial charge in [-0.15, -0.1) is 13.2 Å². The lowest BCUT2D eigenvalue weighted by Gasteiger charge is -2.24. The molecule has 0 saturated heterocycles. The molecule has 0 saturated carbocycles. The molecule has 0 heterocycles. The van der Waals surface area contributed by atoms with Crippen LogP contribution in [0.1, 0.15) is 12.8 Å². The van der Waals surface area contributed by atoms with Crippen molar-refractivity contribution in [1.82, 2.24) is 0 Å². The second-order valence-electron chi connectivity index (χ2n) is 3.28. The van der Waals surface area contributed by atoms with E-state index in [1.807, 2.05) is 0 Å². The SMILES string of the molecule is C=CCC(C=O)(CC=C)COC(=O)C=C. The number of hydrogen-bond donors (Lipinski definition) is 0. The first kappa shape index (κ1) is 13.4. The van der Waals surface area contributed by atoms with Crippen molar-refractivity contribution >= 4 is 12.3 Å². The molecule has 3 heteroatoms. The van der Waals surface area contributed by atoms with Gasteiger partial charge in [-0.25, -0.2) is 4.79 Å². The van der Waals surface area contributed by atoms with E-state index < -0.39 is 11.4 Å². The van der Waals surface area contributed by atoms with E-state index in [9.17, 15) is 9.59 Å². The van der Waals surface area contributed by atoms with Crippen molar-refractivity contribution in [2.75, 3.05) is 6.61 Å². The van der Waals surface area contributed by atoms with Crippen molar-refractivity contribution in [3.8, 4) is 0 Å². The van der Waals surface area contributed by atoms with Crippen molar-refractivity contribution in [3.05, 3.63) is 38.0 Å². The van der Waals surface area contributed by atoms with Gasteiger partial charge in [-0.05, 0) is 12.8 Å². The number of allylic oxidation sites excluding steroid dienone is 2. The van der Waals surface area contributed by atoms with Gasteiger partial charge < -0.3 is 9.53 Å². The minimum Gasteiger partial charge on any atom is -0.461 e. The summed E-state index contributed by atoms with van der Waals surface area (Å²) in [5, 5.41) is 0. The first-order valence-electron chi connectivity index (χ1n) is 4.61. The first-order chi connectivity index (χ1) is 7.14. The van der Waals surface area contributed by atoms with Gasteiger partial charge in [-0.3, -0.25) is 0 Å². The molecule has 15 heavy (non-hydrogen) atoms. The Morgan fingerprint density at radius 3 is 2.07 bits per heavy atom. The summed E-state index contributed by atoms with van der Waals surface area (Å²) in [4.78, 5) is 21.9. The minimum atomic E-state index is -0.734. The van der Waals surface area contributed by atoms with Crippen molar-refractivity contribution in [2.45, 2.75) is 12.8 Å². The highest BCUT2D eigenvalue weighted by atomic mass is 16.5. The maximum Gasteiger partial charge on any atom is 0.330 e. The Kier molecular flexibility index (Phi) is 6.02. The first-order valence-corrected chi connectivity index (χ1v) is 4.61. The van der Waals surface area contributed by atoms with Gasteiger partial charge >= 0.3 is 5.97 Å². The van der Waals surface area contributed by atoms with Crippen LogP contribution in [0.4, 0.5) is 0 Å². The fraction of sp³-hybridized carbons (Fsp3) is 0.333. The molecule has 0 atom stereocenters. The molecular weight excluding hydrogens is 192 g/mol. The molecule has 0 aromatic rings. The lowest BCUT2D eigenvalue weighted by molar-refractivity contribution is -0.142. The summed E-state index contributed by atoms with van der Waals surface area (Å²) >= 11 is 0. The van der Waals surface area contributed by atoms with Crippen LogP contribution in [0.25, 0.3) is 0 Å². The zero-order valence-electron chi connectivity index (χ0n) is 8.78. The average molecular weight is 208 g/mol. The number of hydrogen-bond acceptors (Lipinski definition) is 3. The third-order valence-electron chi connectivity index (χ3n) is 2.02. The van der Waals surface area contributed by atoms with Crippen LogP contribution in [0.2, 0.25) is 0 Å². The summed E-state index contributed by atoms with van der Waals surface area (Å²) < 4.78 is 4.87. The molecule has 82 valence electrons. The molecule has 0 amide bonds. The zero-order chi connectivity index (χ0) is 11.7. The number of ether oxygens (including phenoxy) is 1. The van der Waals surface area contributed by atoms with Crippen molar-refractivity contribution < 1.29 is 14.3 Å². The van der Waals surface area contributed by atoms with E-state index in [0.717, 1.165) is 12.4 Å². The van der Waals surface area contributed by atoms with E-state index in [1.54, 1.807) is 12.2 Å². The molecule has 0 spiro atoms. The van der Waals surface area contributed by atoms with Crippen molar-refractivity contribution in [1.29, 1.82) is 0 Å². The summed E-state index contributed by atoms with van der Waals surface area (Å²) in [5.41, 5.74) is -0.734. The monoisotopic (exact) mass is 208 g/mol. The second kappa shape index (κ2) is 6.76.